The van der Waals surface area contributed by atoms with Gasteiger partial charge in [-0.25, -0.2) is 0 Å². The summed E-state index contributed by atoms with van der Waals surface area (Å²) in [6.45, 7) is 0.275. The Morgan fingerprint density at radius 2 is 2.08 bits per heavy atom. The van der Waals surface area contributed by atoms with Gasteiger partial charge in [-0.1, -0.05) is 12.1 Å². The van der Waals surface area contributed by atoms with E-state index in [1.54, 1.807) is 11.8 Å². The topological polar surface area (TPSA) is 20.2 Å². The summed E-state index contributed by atoms with van der Waals surface area (Å²) in [5.74, 6) is 0.971. The van der Waals surface area contributed by atoms with Crippen LogP contribution in [0.25, 0.3) is 0 Å². The van der Waals surface area contributed by atoms with E-state index in [0.29, 0.717) is 0 Å². The minimum Gasteiger partial charge on any atom is -0.396 e. The highest BCUT2D eigenvalue weighted by molar-refractivity contribution is 9.10. The lowest BCUT2D eigenvalue weighted by Gasteiger charge is -2.01. The molecule has 0 amide bonds. The maximum atomic E-state index is 8.59. The fourth-order valence-electron chi connectivity index (χ4n) is 0.808. The van der Waals surface area contributed by atoms with E-state index < -0.39 is 0 Å². The molecule has 0 aliphatic carbocycles. The van der Waals surface area contributed by atoms with Gasteiger partial charge in [-0.15, -0.1) is 11.8 Å². The van der Waals surface area contributed by atoms with Crippen LogP contribution in [0.1, 0.15) is 6.42 Å². The quantitative estimate of drug-likeness (QED) is 0.652. The van der Waals surface area contributed by atoms with E-state index in [-0.39, 0.29) is 6.61 Å². The Kier molecular flexibility index (Phi) is 4.73. The molecule has 0 atom stereocenters. The van der Waals surface area contributed by atoms with E-state index in [1.807, 2.05) is 18.2 Å². The van der Waals surface area contributed by atoms with Crippen molar-refractivity contribution in [3.05, 3.63) is 28.7 Å². The first kappa shape index (κ1) is 10.1. The van der Waals surface area contributed by atoms with Crippen molar-refractivity contribution >= 4 is 27.7 Å². The summed E-state index contributed by atoms with van der Waals surface area (Å²) in [7, 11) is 0. The molecule has 0 fully saturated rings. The van der Waals surface area contributed by atoms with Crippen LogP contribution in [0.15, 0.2) is 33.6 Å². The summed E-state index contributed by atoms with van der Waals surface area (Å²) in [6, 6.07) is 8.12. The first-order valence-corrected chi connectivity index (χ1v) is 5.60. The van der Waals surface area contributed by atoms with Crippen LogP contribution in [0, 0.1) is 0 Å². The van der Waals surface area contributed by atoms with Gasteiger partial charge >= 0.3 is 0 Å². The third-order valence-electron chi connectivity index (χ3n) is 1.40. The van der Waals surface area contributed by atoms with E-state index in [9.17, 15) is 0 Å². The highest BCUT2D eigenvalue weighted by Crippen LogP contribution is 2.27. The molecule has 1 N–H and O–H groups in total. The smallest absolute Gasteiger partial charge is 0.0439 e. The predicted molar refractivity (Wildman–Crippen MR) is 56.6 cm³/mol. The third kappa shape index (κ3) is 3.17. The maximum absolute atomic E-state index is 8.59. The van der Waals surface area contributed by atoms with Gasteiger partial charge in [-0.05, 0) is 34.5 Å². The highest BCUT2D eigenvalue weighted by atomic mass is 79.9. The third-order valence-corrected chi connectivity index (χ3v) is 3.51. The maximum Gasteiger partial charge on any atom is 0.0439 e. The molecule has 1 rings (SSSR count). The minimum absolute atomic E-state index is 0.275. The predicted octanol–water partition coefficient (Wildman–Crippen LogP) is 2.92. The van der Waals surface area contributed by atoms with Crippen LogP contribution in [0.5, 0.6) is 0 Å². The largest absolute Gasteiger partial charge is 0.396 e. The Morgan fingerprint density at radius 1 is 1.33 bits per heavy atom. The second-order valence-electron chi connectivity index (χ2n) is 2.36. The second kappa shape index (κ2) is 5.62. The molecular formula is C9H11BrOS. The minimum atomic E-state index is 0.275. The molecule has 0 unspecified atom stereocenters. The van der Waals surface area contributed by atoms with E-state index in [1.165, 1.54) is 4.90 Å². The summed E-state index contributed by atoms with van der Waals surface area (Å²) >= 11 is 5.23. The Bertz CT molecular complexity index is 240. The lowest BCUT2D eigenvalue weighted by atomic mass is 10.4. The first-order chi connectivity index (χ1) is 5.84. The number of rotatable bonds is 4. The van der Waals surface area contributed by atoms with Crippen LogP contribution in [0.3, 0.4) is 0 Å². The van der Waals surface area contributed by atoms with Gasteiger partial charge in [0, 0.05) is 21.7 Å². The standard InChI is InChI=1S/C9H11BrOS/c10-8-4-1-2-5-9(8)12-7-3-6-11/h1-2,4-5,11H,3,6-7H2. The Balaban J connectivity index is 2.46. The van der Waals surface area contributed by atoms with Crippen LogP contribution in [-0.2, 0) is 0 Å². The molecule has 0 saturated heterocycles. The molecule has 0 aromatic heterocycles. The summed E-state index contributed by atoms with van der Waals surface area (Å²) in [6.07, 6.45) is 0.853. The van der Waals surface area contributed by atoms with Crippen molar-refractivity contribution in [1.82, 2.24) is 0 Å². The molecule has 1 nitrogen and oxygen atoms in total. The van der Waals surface area contributed by atoms with Gasteiger partial charge < -0.3 is 5.11 Å². The Hall–Kier alpha value is 0.01000. The molecule has 0 aliphatic heterocycles. The summed E-state index contributed by atoms with van der Waals surface area (Å²) in [4.78, 5) is 1.24. The molecule has 0 spiro atoms. The van der Waals surface area contributed by atoms with Crippen molar-refractivity contribution < 1.29 is 5.11 Å². The van der Waals surface area contributed by atoms with Crippen LogP contribution >= 0.6 is 27.7 Å². The van der Waals surface area contributed by atoms with Crippen molar-refractivity contribution in [2.45, 2.75) is 11.3 Å². The monoisotopic (exact) mass is 246 g/mol. The fraction of sp³-hybridized carbons (Fsp3) is 0.333. The zero-order valence-electron chi connectivity index (χ0n) is 6.66. The fourth-order valence-corrected chi connectivity index (χ4v) is 2.31. The van der Waals surface area contributed by atoms with Gasteiger partial charge in [0.15, 0.2) is 0 Å². The van der Waals surface area contributed by atoms with Crippen molar-refractivity contribution in [2.75, 3.05) is 12.4 Å². The van der Waals surface area contributed by atoms with E-state index in [2.05, 4.69) is 22.0 Å². The van der Waals surface area contributed by atoms with E-state index >= 15 is 0 Å². The summed E-state index contributed by atoms with van der Waals surface area (Å²) in [5, 5.41) is 8.59. The van der Waals surface area contributed by atoms with Crippen LogP contribution in [-0.4, -0.2) is 17.5 Å². The van der Waals surface area contributed by atoms with Gasteiger partial charge in [0.2, 0.25) is 0 Å². The van der Waals surface area contributed by atoms with Crippen molar-refractivity contribution in [3.63, 3.8) is 0 Å². The molecule has 1 aromatic rings. The number of aliphatic hydroxyl groups excluding tert-OH is 1. The molecule has 0 saturated carbocycles. The zero-order chi connectivity index (χ0) is 8.81. The number of halogens is 1. The summed E-state index contributed by atoms with van der Waals surface area (Å²) < 4.78 is 1.13. The Labute approximate surface area is 85.3 Å². The second-order valence-corrected chi connectivity index (χ2v) is 4.35. The van der Waals surface area contributed by atoms with E-state index in [0.717, 1.165) is 16.6 Å². The number of hydrogen-bond acceptors (Lipinski definition) is 2. The number of benzene rings is 1. The van der Waals surface area contributed by atoms with Crippen molar-refractivity contribution in [3.8, 4) is 0 Å². The Morgan fingerprint density at radius 3 is 2.75 bits per heavy atom. The van der Waals surface area contributed by atoms with Gasteiger partial charge in [-0.3, -0.25) is 0 Å². The summed E-state index contributed by atoms with van der Waals surface area (Å²) in [5.41, 5.74) is 0. The average molecular weight is 247 g/mol. The molecule has 0 aliphatic rings. The first-order valence-electron chi connectivity index (χ1n) is 3.83. The molecule has 1 aromatic carbocycles. The van der Waals surface area contributed by atoms with Gasteiger partial charge in [-0.2, -0.15) is 0 Å². The van der Waals surface area contributed by atoms with E-state index in [4.69, 9.17) is 5.11 Å². The van der Waals surface area contributed by atoms with Crippen LogP contribution < -0.4 is 0 Å². The van der Waals surface area contributed by atoms with Gasteiger partial charge in [0.25, 0.3) is 0 Å². The lowest BCUT2D eigenvalue weighted by molar-refractivity contribution is 0.296. The van der Waals surface area contributed by atoms with Crippen LogP contribution in [0.2, 0.25) is 0 Å². The van der Waals surface area contributed by atoms with Crippen molar-refractivity contribution in [1.29, 1.82) is 0 Å². The normalized spacial score (nSPS) is 10.2. The SMILES string of the molecule is OCCCSc1ccccc1Br. The number of aliphatic hydroxyl groups is 1. The van der Waals surface area contributed by atoms with Gasteiger partial charge in [0.1, 0.15) is 0 Å². The lowest BCUT2D eigenvalue weighted by Crippen LogP contribution is -1.85. The molecule has 0 bridgehead atoms. The highest BCUT2D eigenvalue weighted by Gasteiger charge is 1.97. The zero-order valence-corrected chi connectivity index (χ0v) is 9.07. The molecule has 66 valence electrons. The molecule has 0 heterocycles. The number of hydrogen-bond donors (Lipinski definition) is 1. The van der Waals surface area contributed by atoms with Crippen molar-refractivity contribution in [2.24, 2.45) is 0 Å². The van der Waals surface area contributed by atoms with Gasteiger partial charge in [0.05, 0.1) is 0 Å². The van der Waals surface area contributed by atoms with Crippen LogP contribution in [0.4, 0.5) is 0 Å². The molecule has 0 radical (unpaired) electrons. The number of thioether (sulfide) groups is 1. The average Bonchev–Trinajstić information content (AvgIpc) is 2.09. The molecule has 12 heavy (non-hydrogen) atoms. The molecular weight excluding hydrogens is 236 g/mol. The molecule has 3 heteroatoms.